The van der Waals surface area contributed by atoms with E-state index in [0.29, 0.717) is 0 Å². The van der Waals surface area contributed by atoms with Gasteiger partial charge in [-0.3, -0.25) is 0 Å². The monoisotopic (exact) mass is 269 g/mol. The maximum Gasteiger partial charge on any atom is 0.330 e. The molecule has 3 heteroatoms. The fourth-order valence-corrected chi connectivity index (χ4v) is 2.18. The van der Waals surface area contributed by atoms with E-state index in [1.165, 1.54) is 57.4 Å². The van der Waals surface area contributed by atoms with E-state index in [9.17, 15) is 4.79 Å². The molecule has 0 saturated carbocycles. The van der Waals surface area contributed by atoms with Crippen LogP contribution in [0.3, 0.4) is 0 Å². The van der Waals surface area contributed by atoms with E-state index >= 15 is 0 Å². The van der Waals surface area contributed by atoms with Crippen LogP contribution >= 0.6 is 0 Å². The first-order chi connectivity index (χ1) is 9.07. The quantitative estimate of drug-likeness (QED) is 0.420. The first kappa shape index (κ1) is 18.0. The summed E-state index contributed by atoms with van der Waals surface area (Å²) in [4.78, 5) is 12.6. The van der Waals surface area contributed by atoms with Gasteiger partial charge in [-0.25, -0.2) is 4.79 Å². The molecule has 0 aromatic rings. The number of carbonyl (C=O) groups is 1. The van der Waals surface area contributed by atoms with Crippen molar-refractivity contribution in [2.24, 2.45) is 0 Å². The second kappa shape index (κ2) is 12.1. The number of hydrogen-bond donors (Lipinski definition) is 1. The summed E-state index contributed by atoms with van der Waals surface area (Å²) in [6.45, 7) is 2.24. The third-order valence-corrected chi connectivity index (χ3v) is 3.40. The Kier molecular flexibility index (Phi) is 11.4. The lowest BCUT2D eigenvalue weighted by Gasteiger charge is -2.16. The van der Waals surface area contributed by atoms with Crippen LogP contribution in [0.25, 0.3) is 0 Å². The minimum atomic E-state index is -0.848. The average Bonchev–Trinajstić information content (AvgIpc) is 2.34. The molecular weight excluding hydrogens is 238 g/mol. The number of carboxylic acids is 1. The predicted molar refractivity (Wildman–Crippen MR) is 81.2 cm³/mol. The molecule has 0 aliphatic heterocycles. The van der Waals surface area contributed by atoms with Gasteiger partial charge < -0.3 is 10.0 Å². The number of hydrogen-bond acceptors (Lipinski definition) is 2. The first-order valence-electron chi connectivity index (χ1n) is 7.68. The lowest BCUT2D eigenvalue weighted by Crippen LogP contribution is -2.12. The maximum absolute atomic E-state index is 10.7. The lowest BCUT2D eigenvalue weighted by molar-refractivity contribution is -0.131. The molecule has 0 bridgehead atoms. The molecule has 0 rings (SSSR count). The van der Waals surface area contributed by atoms with Crippen LogP contribution in [-0.4, -0.2) is 30.1 Å². The van der Waals surface area contributed by atoms with Crippen molar-refractivity contribution in [2.45, 2.75) is 71.1 Å². The van der Waals surface area contributed by atoms with Gasteiger partial charge in [-0.1, -0.05) is 58.3 Å². The SMILES string of the molecule is CCCCCCCCCCC/C(=C\C(=O)O)N(C)C. The van der Waals surface area contributed by atoms with Crippen molar-refractivity contribution >= 4 is 5.97 Å². The van der Waals surface area contributed by atoms with Crippen molar-refractivity contribution in [1.29, 1.82) is 0 Å². The van der Waals surface area contributed by atoms with Crippen molar-refractivity contribution in [3.05, 3.63) is 11.8 Å². The molecule has 0 spiro atoms. The highest BCUT2D eigenvalue weighted by Crippen LogP contribution is 2.14. The third kappa shape index (κ3) is 11.8. The van der Waals surface area contributed by atoms with Gasteiger partial charge in [0.25, 0.3) is 0 Å². The molecule has 0 fully saturated rings. The second-order valence-electron chi connectivity index (χ2n) is 5.45. The number of nitrogens with zero attached hydrogens (tertiary/aromatic N) is 1. The lowest BCUT2D eigenvalue weighted by atomic mass is 10.1. The molecular formula is C16H31NO2. The summed E-state index contributed by atoms with van der Waals surface area (Å²) < 4.78 is 0. The molecule has 1 N–H and O–H groups in total. The summed E-state index contributed by atoms with van der Waals surface area (Å²) in [5, 5.41) is 8.77. The fraction of sp³-hybridized carbons (Fsp3) is 0.812. The van der Waals surface area contributed by atoms with Crippen LogP contribution in [0, 0.1) is 0 Å². The van der Waals surface area contributed by atoms with E-state index in [1.807, 2.05) is 19.0 Å². The highest BCUT2D eigenvalue weighted by Gasteiger charge is 2.02. The van der Waals surface area contributed by atoms with Crippen LogP contribution < -0.4 is 0 Å². The van der Waals surface area contributed by atoms with E-state index in [4.69, 9.17) is 5.11 Å². The summed E-state index contributed by atoms with van der Waals surface area (Å²) in [6.07, 6.45) is 13.9. The smallest absolute Gasteiger partial charge is 0.330 e. The van der Waals surface area contributed by atoms with Gasteiger partial charge in [-0.05, 0) is 12.8 Å². The van der Waals surface area contributed by atoms with Gasteiger partial charge in [0.15, 0.2) is 0 Å². The minimum Gasteiger partial charge on any atom is -0.478 e. The maximum atomic E-state index is 10.7. The van der Waals surface area contributed by atoms with Gasteiger partial charge >= 0.3 is 5.97 Å². The van der Waals surface area contributed by atoms with Crippen molar-refractivity contribution in [2.75, 3.05) is 14.1 Å². The van der Waals surface area contributed by atoms with E-state index < -0.39 is 5.97 Å². The Morgan fingerprint density at radius 1 is 0.947 bits per heavy atom. The topological polar surface area (TPSA) is 40.5 Å². The van der Waals surface area contributed by atoms with E-state index in [-0.39, 0.29) is 0 Å². The summed E-state index contributed by atoms with van der Waals surface area (Å²) in [5.74, 6) is -0.848. The molecule has 3 nitrogen and oxygen atoms in total. The molecule has 0 aromatic heterocycles. The fourth-order valence-electron chi connectivity index (χ4n) is 2.18. The van der Waals surface area contributed by atoms with Crippen molar-refractivity contribution < 1.29 is 9.90 Å². The van der Waals surface area contributed by atoms with Gasteiger partial charge in [0.05, 0.1) is 0 Å². The summed E-state index contributed by atoms with van der Waals surface area (Å²) >= 11 is 0. The van der Waals surface area contributed by atoms with Crippen LogP contribution in [0.2, 0.25) is 0 Å². The Morgan fingerprint density at radius 2 is 1.42 bits per heavy atom. The largest absolute Gasteiger partial charge is 0.478 e. The number of carboxylic acid groups (broad SMARTS) is 1. The highest BCUT2D eigenvalue weighted by atomic mass is 16.4. The Bertz CT molecular complexity index is 259. The van der Waals surface area contributed by atoms with Gasteiger partial charge in [0.2, 0.25) is 0 Å². The molecule has 0 heterocycles. The molecule has 0 atom stereocenters. The third-order valence-electron chi connectivity index (χ3n) is 3.40. The molecule has 112 valence electrons. The zero-order valence-corrected chi connectivity index (χ0v) is 13.0. The summed E-state index contributed by atoms with van der Waals surface area (Å²) in [6, 6.07) is 0. The van der Waals surface area contributed by atoms with Crippen molar-refractivity contribution in [3.63, 3.8) is 0 Å². The summed E-state index contributed by atoms with van der Waals surface area (Å²) in [7, 11) is 3.81. The Morgan fingerprint density at radius 3 is 1.84 bits per heavy atom. The van der Waals surface area contributed by atoms with Crippen molar-refractivity contribution in [3.8, 4) is 0 Å². The highest BCUT2D eigenvalue weighted by molar-refractivity contribution is 5.80. The van der Waals surface area contributed by atoms with Gasteiger partial charge in [0, 0.05) is 25.9 Å². The molecule has 19 heavy (non-hydrogen) atoms. The summed E-state index contributed by atoms with van der Waals surface area (Å²) in [5.41, 5.74) is 0.912. The van der Waals surface area contributed by atoms with Crippen LogP contribution in [0.1, 0.15) is 71.1 Å². The molecule has 0 amide bonds. The van der Waals surface area contributed by atoms with Crippen LogP contribution in [-0.2, 0) is 4.79 Å². The number of rotatable bonds is 12. The number of unbranched alkanes of at least 4 members (excludes halogenated alkanes) is 8. The van der Waals surface area contributed by atoms with Gasteiger partial charge in [0.1, 0.15) is 0 Å². The molecule has 0 aromatic carbocycles. The van der Waals surface area contributed by atoms with Crippen LogP contribution in [0.4, 0.5) is 0 Å². The number of allylic oxidation sites excluding steroid dienone is 1. The molecule has 0 saturated heterocycles. The second-order valence-corrected chi connectivity index (χ2v) is 5.45. The van der Waals surface area contributed by atoms with E-state index in [2.05, 4.69) is 6.92 Å². The zero-order chi connectivity index (χ0) is 14.5. The Labute approximate surface area is 118 Å². The minimum absolute atomic E-state index is 0.848. The standard InChI is InChI=1S/C16H31NO2/c1-4-5-6-7-8-9-10-11-12-13-15(17(2)3)14-16(18)19/h14H,4-13H2,1-3H3,(H,18,19)/b15-14+. The molecule has 0 unspecified atom stereocenters. The molecule has 0 aliphatic rings. The zero-order valence-electron chi connectivity index (χ0n) is 13.0. The molecule has 0 radical (unpaired) electrons. The van der Waals surface area contributed by atoms with E-state index in [0.717, 1.165) is 18.5 Å². The Balaban J connectivity index is 3.54. The van der Waals surface area contributed by atoms with Crippen LogP contribution in [0.15, 0.2) is 11.8 Å². The normalized spacial score (nSPS) is 11.6. The average molecular weight is 269 g/mol. The van der Waals surface area contributed by atoms with Crippen LogP contribution in [0.5, 0.6) is 0 Å². The predicted octanol–water partition coefficient (Wildman–Crippen LogP) is 4.44. The van der Waals surface area contributed by atoms with Crippen molar-refractivity contribution in [1.82, 2.24) is 4.90 Å². The van der Waals surface area contributed by atoms with E-state index in [1.54, 1.807) is 0 Å². The van der Waals surface area contributed by atoms with Gasteiger partial charge in [-0.2, -0.15) is 0 Å². The van der Waals surface area contributed by atoms with Gasteiger partial charge in [-0.15, -0.1) is 0 Å². The number of aliphatic carboxylic acids is 1. The Hall–Kier alpha value is -0.990. The molecule has 0 aliphatic carbocycles. The first-order valence-corrected chi connectivity index (χ1v) is 7.68.